The summed E-state index contributed by atoms with van der Waals surface area (Å²) in [5.74, 6) is 0. The zero-order valence-corrected chi connectivity index (χ0v) is 40.3. The number of unbranched alkanes of at least 4 members (excludes halogenated alkanes) is 43. The highest BCUT2D eigenvalue weighted by atomic mass is 15.4. The lowest BCUT2D eigenvalue weighted by Crippen LogP contribution is -2.39. The molecule has 1 heterocycles. The Bertz CT molecular complexity index is 762. The molecule has 0 N–H and O–H groups in total. The van der Waals surface area contributed by atoms with Gasteiger partial charge in [-0.2, -0.15) is 0 Å². The molecule has 0 spiro atoms. The molecule has 1 unspecified atom stereocenters. The minimum absolute atomic E-state index is 0.634. The largest absolute Gasteiger partial charge is 0.356 e. The van der Waals surface area contributed by atoms with Crippen LogP contribution in [0.15, 0.2) is 12.4 Å². The summed E-state index contributed by atoms with van der Waals surface area (Å²) in [6, 6.07) is 0. The number of hydrogen-bond acceptors (Lipinski definition) is 2. The van der Waals surface area contributed by atoms with Crippen molar-refractivity contribution >= 4 is 0 Å². The van der Waals surface area contributed by atoms with E-state index in [1.54, 1.807) is 0 Å². The standard InChI is InChI=1S/C55H110N2/c1-4-7-10-13-16-19-22-25-28-31-34-37-40-43-46-49-52-57-54-53-56(51-48-45-42-39-36-33-30-27-24-21-18-15-12-9-6-3)55(57)50-47-44-41-38-35-32-29-26-23-20-17-14-11-8-5-2/h53-55H,4-52H2,1-3H3. The molecule has 340 valence electrons. The molecule has 0 radical (unpaired) electrons. The van der Waals surface area contributed by atoms with E-state index >= 15 is 0 Å². The summed E-state index contributed by atoms with van der Waals surface area (Å²) >= 11 is 0. The molecule has 57 heavy (non-hydrogen) atoms. The maximum Gasteiger partial charge on any atom is 0.101 e. The fourth-order valence-electron chi connectivity index (χ4n) is 9.55. The summed E-state index contributed by atoms with van der Waals surface area (Å²) in [7, 11) is 0. The molecular formula is C55H110N2. The van der Waals surface area contributed by atoms with Crippen LogP contribution in [0.3, 0.4) is 0 Å². The molecule has 0 fully saturated rings. The van der Waals surface area contributed by atoms with Crippen molar-refractivity contribution in [2.24, 2.45) is 0 Å². The van der Waals surface area contributed by atoms with Crippen LogP contribution in [0.25, 0.3) is 0 Å². The average Bonchev–Trinajstić information content (AvgIpc) is 3.61. The molecule has 0 amide bonds. The van der Waals surface area contributed by atoms with Crippen molar-refractivity contribution < 1.29 is 0 Å². The van der Waals surface area contributed by atoms with Crippen molar-refractivity contribution in [1.29, 1.82) is 0 Å². The maximum atomic E-state index is 2.75. The van der Waals surface area contributed by atoms with Gasteiger partial charge in [-0.1, -0.05) is 297 Å². The van der Waals surface area contributed by atoms with Crippen LogP contribution in [0.5, 0.6) is 0 Å². The van der Waals surface area contributed by atoms with E-state index in [1.165, 1.54) is 315 Å². The van der Waals surface area contributed by atoms with Crippen LogP contribution < -0.4 is 0 Å². The summed E-state index contributed by atoms with van der Waals surface area (Å²) < 4.78 is 0. The first-order chi connectivity index (χ1) is 28.3. The Balaban J connectivity index is 2.19. The third-order valence-corrected chi connectivity index (χ3v) is 13.6. The van der Waals surface area contributed by atoms with Crippen LogP contribution in [0.1, 0.15) is 323 Å². The SMILES string of the molecule is CCCCCCCCCCCCCCCCCCN1C=CN(CCCCCCCCCCCCCCCCC)C1CCCCCCCCCCCCCCCCC. The molecule has 0 saturated carbocycles. The van der Waals surface area contributed by atoms with Crippen LogP contribution in [-0.4, -0.2) is 29.1 Å². The van der Waals surface area contributed by atoms with E-state index in [0.717, 1.165) is 0 Å². The Morgan fingerprint density at radius 1 is 0.228 bits per heavy atom. The second kappa shape index (κ2) is 46.4. The van der Waals surface area contributed by atoms with Crippen molar-refractivity contribution in [1.82, 2.24) is 9.80 Å². The summed E-state index contributed by atoms with van der Waals surface area (Å²) in [5, 5.41) is 0. The first kappa shape index (κ1) is 54.4. The van der Waals surface area contributed by atoms with E-state index in [1.807, 2.05) is 0 Å². The van der Waals surface area contributed by atoms with Crippen molar-refractivity contribution in [3.8, 4) is 0 Å². The van der Waals surface area contributed by atoms with Crippen molar-refractivity contribution in [3.63, 3.8) is 0 Å². The lowest BCUT2D eigenvalue weighted by Gasteiger charge is -2.33. The zero-order valence-electron chi connectivity index (χ0n) is 40.3. The Morgan fingerprint density at radius 2 is 0.404 bits per heavy atom. The van der Waals surface area contributed by atoms with Crippen LogP contribution in [0, 0.1) is 0 Å². The molecule has 1 rings (SSSR count). The Kier molecular flexibility index (Phi) is 44.3. The van der Waals surface area contributed by atoms with Gasteiger partial charge in [0.05, 0.1) is 0 Å². The molecule has 0 aromatic carbocycles. The number of hydrogen-bond donors (Lipinski definition) is 0. The zero-order chi connectivity index (χ0) is 40.8. The Hall–Kier alpha value is -0.660. The minimum Gasteiger partial charge on any atom is -0.356 e. The first-order valence-electron chi connectivity index (χ1n) is 27.5. The Morgan fingerprint density at radius 3 is 0.614 bits per heavy atom. The summed E-state index contributed by atoms with van der Waals surface area (Å²) in [4.78, 5) is 5.50. The van der Waals surface area contributed by atoms with Crippen molar-refractivity contribution in [2.45, 2.75) is 329 Å². The van der Waals surface area contributed by atoms with Crippen molar-refractivity contribution in [2.75, 3.05) is 13.1 Å². The lowest BCUT2D eigenvalue weighted by atomic mass is 10.0. The highest BCUT2D eigenvalue weighted by Gasteiger charge is 2.25. The normalized spacial score (nSPS) is 14.2. The molecule has 1 atom stereocenters. The van der Waals surface area contributed by atoms with Gasteiger partial charge in [-0.25, -0.2) is 0 Å². The van der Waals surface area contributed by atoms with E-state index in [-0.39, 0.29) is 0 Å². The second-order valence-electron chi connectivity index (χ2n) is 19.2. The molecule has 0 aromatic heterocycles. The van der Waals surface area contributed by atoms with E-state index in [2.05, 4.69) is 43.0 Å². The van der Waals surface area contributed by atoms with Gasteiger partial charge in [-0.15, -0.1) is 0 Å². The van der Waals surface area contributed by atoms with E-state index < -0.39 is 0 Å². The molecule has 0 aromatic rings. The highest BCUT2D eigenvalue weighted by molar-refractivity contribution is 4.97. The van der Waals surface area contributed by atoms with Gasteiger partial charge >= 0.3 is 0 Å². The smallest absolute Gasteiger partial charge is 0.101 e. The molecular weight excluding hydrogens is 689 g/mol. The highest BCUT2D eigenvalue weighted by Crippen LogP contribution is 2.24. The lowest BCUT2D eigenvalue weighted by molar-refractivity contribution is 0.135. The van der Waals surface area contributed by atoms with Gasteiger partial charge in [-0.3, -0.25) is 0 Å². The molecule has 2 heteroatoms. The van der Waals surface area contributed by atoms with E-state index in [4.69, 9.17) is 0 Å². The number of nitrogens with zero attached hydrogens (tertiary/aromatic N) is 2. The van der Waals surface area contributed by atoms with Gasteiger partial charge in [0.2, 0.25) is 0 Å². The van der Waals surface area contributed by atoms with Crippen LogP contribution in [0.2, 0.25) is 0 Å². The quantitative estimate of drug-likeness (QED) is 0.0566. The monoisotopic (exact) mass is 799 g/mol. The van der Waals surface area contributed by atoms with Crippen LogP contribution in [0.4, 0.5) is 0 Å². The van der Waals surface area contributed by atoms with Gasteiger partial charge in [0.15, 0.2) is 0 Å². The van der Waals surface area contributed by atoms with E-state index in [0.29, 0.717) is 6.17 Å². The molecule has 1 aliphatic rings. The van der Waals surface area contributed by atoms with Gasteiger partial charge in [0, 0.05) is 25.5 Å². The average molecular weight is 799 g/mol. The fourth-order valence-corrected chi connectivity index (χ4v) is 9.55. The molecule has 0 aliphatic carbocycles. The summed E-state index contributed by atoms with van der Waals surface area (Å²) in [6.45, 7) is 9.50. The first-order valence-corrected chi connectivity index (χ1v) is 27.5. The minimum atomic E-state index is 0.634. The second-order valence-corrected chi connectivity index (χ2v) is 19.2. The van der Waals surface area contributed by atoms with E-state index in [9.17, 15) is 0 Å². The van der Waals surface area contributed by atoms with Gasteiger partial charge in [0.25, 0.3) is 0 Å². The summed E-state index contributed by atoms with van der Waals surface area (Å²) in [5.41, 5.74) is 0. The van der Waals surface area contributed by atoms with Crippen LogP contribution in [-0.2, 0) is 0 Å². The van der Waals surface area contributed by atoms with Gasteiger partial charge in [0.1, 0.15) is 6.17 Å². The molecule has 1 aliphatic heterocycles. The topological polar surface area (TPSA) is 6.48 Å². The molecule has 2 nitrogen and oxygen atoms in total. The van der Waals surface area contributed by atoms with Gasteiger partial charge in [-0.05, 0) is 25.7 Å². The third kappa shape index (κ3) is 38.0. The predicted octanol–water partition coefficient (Wildman–Crippen LogP) is 19.8. The van der Waals surface area contributed by atoms with Gasteiger partial charge < -0.3 is 9.80 Å². The maximum absolute atomic E-state index is 2.75. The number of rotatable bonds is 49. The predicted molar refractivity (Wildman–Crippen MR) is 260 cm³/mol. The Labute approximate surface area is 362 Å². The third-order valence-electron chi connectivity index (χ3n) is 13.6. The van der Waals surface area contributed by atoms with Crippen molar-refractivity contribution in [3.05, 3.63) is 12.4 Å². The summed E-state index contributed by atoms with van der Waals surface area (Å²) in [6.07, 6.45) is 73.8. The fraction of sp³-hybridized carbons (Fsp3) is 0.964. The van der Waals surface area contributed by atoms with Crippen LogP contribution >= 0.6 is 0 Å². The molecule has 0 saturated heterocycles. The molecule has 0 bridgehead atoms.